The molecule has 1 fully saturated rings. The zero-order valence-electron chi connectivity index (χ0n) is 20.9. The number of aromatic nitrogens is 4. The molecule has 3 aromatic rings. The lowest BCUT2D eigenvalue weighted by Gasteiger charge is -2.24. The Morgan fingerprint density at radius 2 is 2.03 bits per heavy atom. The van der Waals surface area contributed by atoms with Crippen molar-refractivity contribution in [2.24, 2.45) is 5.92 Å². The van der Waals surface area contributed by atoms with Crippen molar-refractivity contribution >= 4 is 42.4 Å². The second-order valence-electron chi connectivity index (χ2n) is 9.09. The zero-order valence-corrected chi connectivity index (χ0v) is 22.6. The van der Waals surface area contributed by atoms with E-state index >= 15 is 0 Å². The second kappa shape index (κ2) is 11.3. The van der Waals surface area contributed by atoms with Gasteiger partial charge in [0.05, 0.1) is 25.1 Å². The number of benzene rings is 1. The lowest BCUT2D eigenvalue weighted by Crippen LogP contribution is -2.36. The van der Waals surface area contributed by atoms with Gasteiger partial charge in [0.1, 0.15) is 23.5 Å². The fourth-order valence-corrected chi connectivity index (χ4v) is 5.71. The number of ether oxygens (including phenoxy) is 2. The molecule has 1 aliphatic rings. The summed E-state index contributed by atoms with van der Waals surface area (Å²) in [5.74, 6) is -0.197. The number of fused-ring (bicyclic) bond motifs is 1. The maximum Gasteiger partial charge on any atom is 0.459 e. The number of nitrogens with zero attached hydrogens (tertiary/aromatic N) is 4. The third kappa shape index (κ3) is 6.58. The Bertz CT molecular complexity index is 1290. The molecule has 0 radical (unpaired) electrons. The van der Waals surface area contributed by atoms with Crippen LogP contribution in [0.15, 0.2) is 36.7 Å². The number of hydrogen-bond donors (Lipinski definition) is 2. The van der Waals surface area contributed by atoms with Crippen molar-refractivity contribution in [2.75, 3.05) is 12.3 Å². The number of carbonyl (C=O) groups is 1. The molecule has 2 aromatic heterocycles. The molecule has 200 valence electrons. The maximum absolute atomic E-state index is 13.7. The summed E-state index contributed by atoms with van der Waals surface area (Å²) in [5, 5.41) is 2.83. The van der Waals surface area contributed by atoms with E-state index in [2.05, 4.69) is 20.0 Å². The van der Waals surface area contributed by atoms with Crippen molar-refractivity contribution < 1.29 is 27.9 Å². The van der Waals surface area contributed by atoms with Crippen molar-refractivity contribution in [3.8, 4) is 5.75 Å². The highest BCUT2D eigenvalue weighted by Crippen LogP contribution is 2.46. The van der Waals surface area contributed by atoms with Crippen LogP contribution in [0.5, 0.6) is 5.75 Å². The van der Waals surface area contributed by atoms with E-state index in [-0.39, 0.29) is 29.7 Å². The van der Waals surface area contributed by atoms with Crippen LogP contribution in [0.4, 0.5) is 5.95 Å². The Kier molecular flexibility index (Phi) is 8.35. The maximum atomic E-state index is 13.7. The Hall–Kier alpha value is -2.76. The molecular formula is C23H30ClN6O6P. The van der Waals surface area contributed by atoms with Gasteiger partial charge in [-0.05, 0) is 39.3 Å². The first-order valence-electron chi connectivity index (χ1n) is 11.8. The van der Waals surface area contributed by atoms with Crippen molar-refractivity contribution in [1.29, 1.82) is 0 Å². The van der Waals surface area contributed by atoms with Crippen molar-refractivity contribution in [3.05, 3.63) is 41.8 Å². The number of nitrogen functional groups attached to an aromatic ring is 1. The van der Waals surface area contributed by atoms with E-state index in [9.17, 15) is 9.36 Å². The zero-order chi connectivity index (χ0) is 26.7. The molecule has 3 heterocycles. The molecule has 14 heteroatoms. The van der Waals surface area contributed by atoms with E-state index in [0.29, 0.717) is 23.3 Å². The van der Waals surface area contributed by atoms with Gasteiger partial charge in [-0.2, -0.15) is 15.1 Å². The van der Waals surface area contributed by atoms with E-state index in [1.54, 1.807) is 55.1 Å². The number of para-hydroxylation sites is 1. The second-order valence-corrected chi connectivity index (χ2v) is 11.1. The molecule has 5 atom stereocenters. The molecule has 12 nitrogen and oxygen atoms in total. The van der Waals surface area contributed by atoms with Gasteiger partial charge in [0.2, 0.25) is 5.95 Å². The first-order valence-corrected chi connectivity index (χ1v) is 13.7. The van der Waals surface area contributed by atoms with Crippen molar-refractivity contribution in [2.45, 2.75) is 58.6 Å². The number of nitrogens with two attached hydrogens (primary N) is 1. The van der Waals surface area contributed by atoms with Crippen LogP contribution in [0.2, 0.25) is 5.15 Å². The molecule has 2 unspecified atom stereocenters. The predicted octanol–water partition coefficient (Wildman–Crippen LogP) is 4.12. The molecule has 4 rings (SSSR count). The highest BCUT2D eigenvalue weighted by molar-refractivity contribution is 7.52. The lowest BCUT2D eigenvalue weighted by atomic mass is 10.1. The van der Waals surface area contributed by atoms with Gasteiger partial charge < -0.3 is 19.7 Å². The number of hydrogen-bond acceptors (Lipinski definition) is 10. The minimum Gasteiger partial charge on any atom is -0.462 e. The topological polar surface area (TPSA) is 153 Å². The number of imidazole rings is 1. The van der Waals surface area contributed by atoms with Gasteiger partial charge >= 0.3 is 13.7 Å². The lowest BCUT2D eigenvalue weighted by molar-refractivity contribution is -0.149. The average Bonchev–Trinajstić information content (AvgIpc) is 3.41. The Labute approximate surface area is 219 Å². The number of rotatable bonds is 10. The minimum absolute atomic E-state index is 0.0278. The van der Waals surface area contributed by atoms with Crippen LogP contribution in [-0.4, -0.2) is 50.3 Å². The molecular weight excluding hydrogens is 523 g/mol. The molecule has 0 saturated carbocycles. The molecule has 1 aliphatic heterocycles. The number of halogens is 1. The normalized spacial score (nSPS) is 22.2. The minimum atomic E-state index is -4.00. The first kappa shape index (κ1) is 27.3. The van der Waals surface area contributed by atoms with E-state index in [1.165, 1.54) is 6.92 Å². The van der Waals surface area contributed by atoms with Crippen LogP contribution in [0.1, 0.15) is 40.3 Å². The highest BCUT2D eigenvalue weighted by Gasteiger charge is 2.38. The number of anilines is 1. The van der Waals surface area contributed by atoms with E-state index in [0.717, 1.165) is 0 Å². The number of nitrogens with one attached hydrogen (secondary N) is 1. The fourth-order valence-electron chi connectivity index (χ4n) is 3.96. The summed E-state index contributed by atoms with van der Waals surface area (Å²) in [6.45, 7) is 6.93. The Balaban J connectivity index is 1.47. The van der Waals surface area contributed by atoms with Gasteiger partial charge in [0.15, 0.2) is 10.8 Å². The molecule has 37 heavy (non-hydrogen) atoms. The smallest absolute Gasteiger partial charge is 0.459 e. The largest absolute Gasteiger partial charge is 0.462 e. The summed E-state index contributed by atoms with van der Waals surface area (Å²) in [6.07, 6.45) is 0.967. The molecule has 3 N–H and O–H groups in total. The van der Waals surface area contributed by atoms with Gasteiger partial charge in [0, 0.05) is 5.92 Å². The van der Waals surface area contributed by atoms with E-state index in [1.807, 2.05) is 6.92 Å². The highest BCUT2D eigenvalue weighted by atomic mass is 35.5. The van der Waals surface area contributed by atoms with Gasteiger partial charge in [-0.1, -0.05) is 36.7 Å². The summed E-state index contributed by atoms with van der Waals surface area (Å²) >= 11 is 6.15. The first-order chi connectivity index (χ1) is 17.5. The van der Waals surface area contributed by atoms with Crippen LogP contribution in [0.25, 0.3) is 11.2 Å². The number of carbonyl (C=O) groups excluding carboxylic acids is 1. The van der Waals surface area contributed by atoms with Crippen LogP contribution < -0.4 is 15.3 Å². The summed E-state index contributed by atoms with van der Waals surface area (Å²) in [4.78, 5) is 24.8. The van der Waals surface area contributed by atoms with Crippen LogP contribution >= 0.6 is 19.3 Å². The Morgan fingerprint density at radius 1 is 1.30 bits per heavy atom. The average molecular weight is 553 g/mol. The van der Waals surface area contributed by atoms with Crippen molar-refractivity contribution in [1.82, 2.24) is 24.6 Å². The predicted molar refractivity (Wildman–Crippen MR) is 137 cm³/mol. The molecule has 1 aromatic carbocycles. The standard InChI is InChI=1S/C23H30ClN6O6P/c1-13(2)34-22(31)15(4)29-37(32,36-16-8-6-5-7-9-16)33-11-17-10-14(3)21(35-17)30-12-26-18-19(24)27-23(25)28-20(18)30/h5-9,12-15,17,21H,10-11H2,1-4H3,(H,29,32)(H2,25,27,28)/t14-,15?,17-,21+,37?/m0/s1. The van der Waals surface area contributed by atoms with Crippen LogP contribution in [0, 0.1) is 5.92 Å². The summed E-state index contributed by atoms with van der Waals surface area (Å²) in [6, 6.07) is 7.61. The third-order valence-corrected chi connectivity index (χ3v) is 7.49. The van der Waals surface area contributed by atoms with Gasteiger partial charge in [-0.25, -0.2) is 9.55 Å². The van der Waals surface area contributed by atoms with E-state index in [4.69, 9.17) is 35.9 Å². The monoisotopic (exact) mass is 552 g/mol. The number of esters is 1. The SMILES string of the molecule is CC(C)OC(=O)C(C)NP(=O)(OC[C@@H]1C[C@H](C)[C@H](n2cnc3c(Cl)nc(N)nc32)O1)Oc1ccccc1. The van der Waals surface area contributed by atoms with Crippen LogP contribution in [0.3, 0.4) is 0 Å². The van der Waals surface area contributed by atoms with Gasteiger partial charge in [0.25, 0.3) is 0 Å². The van der Waals surface area contributed by atoms with Gasteiger partial charge in [-0.3, -0.25) is 13.9 Å². The summed E-state index contributed by atoms with van der Waals surface area (Å²) < 4.78 is 38.3. The Morgan fingerprint density at radius 3 is 2.73 bits per heavy atom. The summed E-state index contributed by atoms with van der Waals surface area (Å²) in [7, 11) is -4.00. The van der Waals surface area contributed by atoms with Crippen LogP contribution in [-0.2, 0) is 23.4 Å². The van der Waals surface area contributed by atoms with Crippen molar-refractivity contribution in [3.63, 3.8) is 0 Å². The molecule has 0 amide bonds. The third-order valence-electron chi connectivity index (χ3n) is 5.58. The summed E-state index contributed by atoms with van der Waals surface area (Å²) in [5.41, 5.74) is 6.63. The molecule has 0 spiro atoms. The fraction of sp³-hybridized carbons (Fsp3) is 0.478. The van der Waals surface area contributed by atoms with Gasteiger partial charge in [-0.15, -0.1) is 0 Å². The molecule has 0 aliphatic carbocycles. The quantitative estimate of drug-likeness (QED) is 0.212. The molecule has 1 saturated heterocycles. The molecule has 0 bridgehead atoms. The van der Waals surface area contributed by atoms with E-state index < -0.39 is 32.1 Å².